The second-order valence-corrected chi connectivity index (χ2v) is 6.14. The van der Waals surface area contributed by atoms with E-state index in [1.807, 2.05) is 38.1 Å². The van der Waals surface area contributed by atoms with E-state index >= 15 is 0 Å². The molecule has 0 atom stereocenters. The Labute approximate surface area is 143 Å². The molecule has 0 aliphatic carbocycles. The first-order valence-corrected chi connectivity index (χ1v) is 8.25. The minimum absolute atomic E-state index is 0.132. The van der Waals surface area contributed by atoms with Gasteiger partial charge in [0.05, 0.1) is 13.2 Å². The Bertz CT molecular complexity index is 611. The monoisotopic (exact) mass is 333 g/mol. The molecule has 2 aromatic rings. The fraction of sp³-hybridized carbons (Fsp3) is 0.368. The summed E-state index contributed by atoms with van der Waals surface area (Å²) in [6, 6.07) is 14.0. The van der Waals surface area contributed by atoms with Crippen molar-refractivity contribution in [2.75, 3.05) is 13.7 Å². The molecular formula is C19H24ClNO2. The Kier molecular flexibility index (Phi) is 6.75. The molecule has 0 unspecified atom stereocenters. The smallest absolute Gasteiger partial charge is 0.161 e. The van der Waals surface area contributed by atoms with Crippen LogP contribution in [0.5, 0.6) is 11.5 Å². The number of hydrogen-bond donors (Lipinski definition) is 1. The van der Waals surface area contributed by atoms with Gasteiger partial charge < -0.3 is 14.8 Å². The number of nitrogens with one attached hydrogen (secondary N) is 1. The van der Waals surface area contributed by atoms with Crippen LogP contribution in [0.15, 0.2) is 42.5 Å². The fourth-order valence-electron chi connectivity index (χ4n) is 2.29. The average Bonchev–Trinajstić information content (AvgIpc) is 2.54. The SMILES string of the molecule is COc1cc(CNCCc2ccc(Cl)cc2)ccc1OC(C)C. The topological polar surface area (TPSA) is 30.5 Å². The van der Waals surface area contributed by atoms with Crippen LogP contribution in [0.1, 0.15) is 25.0 Å². The lowest BCUT2D eigenvalue weighted by Crippen LogP contribution is -2.16. The fourth-order valence-corrected chi connectivity index (χ4v) is 2.42. The molecule has 0 aromatic heterocycles. The maximum Gasteiger partial charge on any atom is 0.161 e. The minimum atomic E-state index is 0.132. The highest BCUT2D eigenvalue weighted by molar-refractivity contribution is 6.30. The van der Waals surface area contributed by atoms with E-state index in [0.29, 0.717) is 0 Å². The molecule has 1 N–H and O–H groups in total. The third-order valence-corrected chi connectivity index (χ3v) is 3.68. The van der Waals surface area contributed by atoms with Crippen LogP contribution >= 0.6 is 11.6 Å². The molecule has 4 heteroatoms. The Morgan fingerprint density at radius 3 is 2.35 bits per heavy atom. The number of ether oxygens (including phenoxy) is 2. The van der Waals surface area contributed by atoms with Crippen LogP contribution in [0.4, 0.5) is 0 Å². The molecule has 0 saturated heterocycles. The maximum absolute atomic E-state index is 5.89. The quantitative estimate of drug-likeness (QED) is 0.723. The Balaban J connectivity index is 1.84. The minimum Gasteiger partial charge on any atom is -0.493 e. The molecule has 2 rings (SSSR count). The molecule has 2 aromatic carbocycles. The lowest BCUT2D eigenvalue weighted by atomic mass is 10.1. The van der Waals surface area contributed by atoms with Gasteiger partial charge in [-0.05, 0) is 62.2 Å². The van der Waals surface area contributed by atoms with Gasteiger partial charge in [-0.2, -0.15) is 0 Å². The summed E-state index contributed by atoms with van der Waals surface area (Å²) in [5.41, 5.74) is 2.45. The molecule has 0 spiro atoms. The molecule has 0 radical (unpaired) electrons. The zero-order chi connectivity index (χ0) is 16.7. The van der Waals surface area contributed by atoms with Crippen molar-refractivity contribution in [2.24, 2.45) is 0 Å². The summed E-state index contributed by atoms with van der Waals surface area (Å²) in [7, 11) is 1.67. The Hall–Kier alpha value is -1.71. The van der Waals surface area contributed by atoms with E-state index < -0.39 is 0 Å². The highest BCUT2D eigenvalue weighted by Crippen LogP contribution is 2.28. The summed E-state index contributed by atoms with van der Waals surface area (Å²) in [4.78, 5) is 0. The van der Waals surface area contributed by atoms with Gasteiger partial charge in [0.25, 0.3) is 0 Å². The van der Waals surface area contributed by atoms with Crippen LogP contribution in [0.3, 0.4) is 0 Å². The van der Waals surface area contributed by atoms with Crippen LogP contribution in [0, 0.1) is 0 Å². The van der Waals surface area contributed by atoms with E-state index in [2.05, 4.69) is 23.5 Å². The highest BCUT2D eigenvalue weighted by atomic mass is 35.5. The first kappa shape index (κ1) is 17.6. The molecular weight excluding hydrogens is 310 g/mol. The average molecular weight is 334 g/mol. The van der Waals surface area contributed by atoms with Gasteiger partial charge in [0.2, 0.25) is 0 Å². The summed E-state index contributed by atoms with van der Waals surface area (Å²) < 4.78 is 11.1. The van der Waals surface area contributed by atoms with E-state index in [-0.39, 0.29) is 6.10 Å². The van der Waals surface area contributed by atoms with Crippen molar-refractivity contribution in [3.8, 4) is 11.5 Å². The lowest BCUT2D eigenvalue weighted by molar-refractivity contribution is 0.230. The van der Waals surface area contributed by atoms with E-state index in [0.717, 1.165) is 36.0 Å². The molecule has 0 bridgehead atoms. The Morgan fingerprint density at radius 2 is 1.70 bits per heavy atom. The lowest BCUT2D eigenvalue weighted by Gasteiger charge is -2.14. The molecule has 0 heterocycles. The summed E-state index contributed by atoms with van der Waals surface area (Å²) in [5, 5.41) is 4.22. The van der Waals surface area contributed by atoms with Gasteiger partial charge in [-0.25, -0.2) is 0 Å². The molecule has 0 amide bonds. The van der Waals surface area contributed by atoms with E-state index in [1.165, 1.54) is 11.1 Å². The first-order valence-electron chi connectivity index (χ1n) is 7.87. The summed E-state index contributed by atoms with van der Waals surface area (Å²) in [6.45, 7) is 5.72. The van der Waals surface area contributed by atoms with Crippen molar-refractivity contribution >= 4 is 11.6 Å². The zero-order valence-electron chi connectivity index (χ0n) is 13.9. The van der Waals surface area contributed by atoms with Gasteiger partial charge in [0.15, 0.2) is 11.5 Å². The summed E-state index contributed by atoms with van der Waals surface area (Å²) in [5.74, 6) is 1.56. The predicted molar refractivity (Wildman–Crippen MR) is 95.6 cm³/mol. The van der Waals surface area contributed by atoms with Crippen molar-refractivity contribution in [3.05, 3.63) is 58.6 Å². The number of hydrogen-bond acceptors (Lipinski definition) is 3. The zero-order valence-corrected chi connectivity index (χ0v) is 14.7. The van der Waals surface area contributed by atoms with Gasteiger partial charge in [-0.1, -0.05) is 29.8 Å². The van der Waals surface area contributed by atoms with Crippen molar-refractivity contribution in [1.29, 1.82) is 0 Å². The van der Waals surface area contributed by atoms with Gasteiger partial charge in [-0.15, -0.1) is 0 Å². The molecule has 23 heavy (non-hydrogen) atoms. The summed E-state index contributed by atoms with van der Waals surface area (Å²) in [6.07, 6.45) is 1.11. The van der Waals surface area contributed by atoms with Gasteiger partial charge in [0.1, 0.15) is 0 Å². The number of halogens is 1. The maximum atomic E-state index is 5.89. The van der Waals surface area contributed by atoms with E-state index in [9.17, 15) is 0 Å². The normalized spacial score (nSPS) is 10.8. The van der Waals surface area contributed by atoms with Gasteiger partial charge in [0, 0.05) is 11.6 Å². The van der Waals surface area contributed by atoms with Crippen molar-refractivity contribution in [2.45, 2.75) is 32.9 Å². The standard InChI is InChI=1S/C19H24ClNO2/c1-14(2)23-18-9-6-16(12-19(18)22-3)13-21-11-10-15-4-7-17(20)8-5-15/h4-9,12,14,21H,10-11,13H2,1-3H3. The van der Waals surface area contributed by atoms with Gasteiger partial charge in [-0.3, -0.25) is 0 Å². The number of methoxy groups -OCH3 is 1. The van der Waals surface area contributed by atoms with Crippen LogP contribution in [0.2, 0.25) is 5.02 Å². The second-order valence-electron chi connectivity index (χ2n) is 5.71. The predicted octanol–water partition coefficient (Wildman–Crippen LogP) is 4.47. The molecule has 0 aliphatic rings. The van der Waals surface area contributed by atoms with Crippen LogP contribution in [0.25, 0.3) is 0 Å². The number of benzene rings is 2. The van der Waals surface area contributed by atoms with Crippen LogP contribution in [-0.4, -0.2) is 19.8 Å². The number of rotatable bonds is 8. The molecule has 0 aliphatic heterocycles. The Morgan fingerprint density at radius 1 is 1.00 bits per heavy atom. The second kappa shape index (κ2) is 8.80. The van der Waals surface area contributed by atoms with Gasteiger partial charge >= 0.3 is 0 Å². The van der Waals surface area contributed by atoms with Crippen molar-refractivity contribution < 1.29 is 9.47 Å². The molecule has 0 saturated carbocycles. The van der Waals surface area contributed by atoms with Crippen LogP contribution in [-0.2, 0) is 13.0 Å². The molecule has 0 fully saturated rings. The third-order valence-electron chi connectivity index (χ3n) is 3.42. The van der Waals surface area contributed by atoms with E-state index in [1.54, 1.807) is 7.11 Å². The molecule has 124 valence electrons. The third kappa shape index (κ3) is 5.77. The molecule has 3 nitrogen and oxygen atoms in total. The summed E-state index contributed by atoms with van der Waals surface area (Å²) >= 11 is 5.89. The largest absolute Gasteiger partial charge is 0.493 e. The van der Waals surface area contributed by atoms with Crippen molar-refractivity contribution in [3.63, 3.8) is 0 Å². The van der Waals surface area contributed by atoms with Crippen molar-refractivity contribution in [1.82, 2.24) is 5.32 Å². The first-order chi connectivity index (χ1) is 11.1. The highest BCUT2D eigenvalue weighted by Gasteiger charge is 2.07. The van der Waals surface area contributed by atoms with Crippen LogP contribution < -0.4 is 14.8 Å². The van der Waals surface area contributed by atoms with E-state index in [4.69, 9.17) is 21.1 Å².